The van der Waals surface area contributed by atoms with Crippen molar-refractivity contribution in [3.05, 3.63) is 53.2 Å². The molecule has 0 aliphatic heterocycles. The van der Waals surface area contributed by atoms with Gasteiger partial charge in [-0.15, -0.1) is 0 Å². The summed E-state index contributed by atoms with van der Waals surface area (Å²) in [5, 5.41) is 8.74. The Morgan fingerprint density at radius 3 is 2.59 bits per heavy atom. The van der Waals surface area contributed by atoms with E-state index in [-0.39, 0.29) is 5.15 Å². The molecule has 0 saturated heterocycles. The summed E-state index contributed by atoms with van der Waals surface area (Å²) < 4.78 is 39.3. The maximum atomic E-state index is 12.6. The van der Waals surface area contributed by atoms with Crippen LogP contribution in [0.15, 0.2) is 36.7 Å². The topological polar surface area (TPSA) is 54.0 Å². The predicted molar refractivity (Wildman–Crippen MR) is 73.2 cm³/mol. The second kappa shape index (κ2) is 5.00. The van der Waals surface area contributed by atoms with E-state index in [1.54, 1.807) is 18.3 Å². The zero-order valence-corrected chi connectivity index (χ0v) is 11.5. The van der Waals surface area contributed by atoms with Gasteiger partial charge in [0.25, 0.3) is 0 Å². The van der Waals surface area contributed by atoms with Gasteiger partial charge in [-0.05, 0) is 24.3 Å². The molecular weight excluding hydrogens is 318 g/mol. The number of halogens is 4. The first-order valence-corrected chi connectivity index (χ1v) is 6.39. The van der Waals surface area contributed by atoms with E-state index in [2.05, 4.69) is 9.97 Å². The number of alkyl halides is 3. The number of rotatable bonds is 1. The molecular formula is C14H6ClF3N4. The molecule has 8 heteroatoms. The first kappa shape index (κ1) is 14.4. The lowest BCUT2D eigenvalue weighted by molar-refractivity contribution is -0.141. The van der Waals surface area contributed by atoms with E-state index < -0.39 is 11.9 Å². The van der Waals surface area contributed by atoms with Crippen molar-refractivity contribution in [1.82, 2.24) is 14.4 Å². The van der Waals surface area contributed by atoms with Crippen molar-refractivity contribution in [2.75, 3.05) is 0 Å². The minimum Gasteiger partial charge on any atom is -0.291 e. The lowest BCUT2D eigenvalue weighted by atomic mass is 10.1. The number of aromatic nitrogens is 3. The van der Waals surface area contributed by atoms with E-state index in [0.717, 1.165) is 6.07 Å². The second-order valence-corrected chi connectivity index (χ2v) is 4.79. The van der Waals surface area contributed by atoms with Crippen LogP contribution in [0.3, 0.4) is 0 Å². The van der Waals surface area contributed by atoms with Gasteiger partial charge >= 0.3 is 6.18 Å². The molecule has 0 saturated carbocycles. The van der Waals surface area contributed by atoms with Gasteiger partial charge in [-0.1, -0.05) is 11.6 Å². The van der Waals surface area contributed by atoms with E-state index in [1.807, 2.05) is 6.07 Å². The molecule has 0 atom stereocenters. The highest BCUT2D eigenvalue weighted by Crippen LogP contribution is 2.33. The first-order valence-electron chi connectivity index (χ1n) is 6.01. The summed E-state index contributed by atoms with van der Waals surface area (Å²) >= 11 is 5.87. The van der Waals surface area contributed by atoms with Crippen LogP contribution in [0.1, 0.15) is 11.4 Å². The van der Waals surface area contributed by atoms with Gasteiger partial charge in [0.1, 0.15) is 28.3 Å². The molecule has 0 N–H and O–H groups in total. The molecule has 0 radical (unpaired) electrons. The molecule has 0 spiro atoms. The first-order chi connectivity index (χ1) is 10.4. The highest BCUT2D eigenvalue weighted by Gasteiger charge is 2.33. The third kappa shape index (κ3) is 2.38. The number of fused-ring (bicyclic) bond motifs is 1. The third-order valence-corrected chi connectivity index (χ3v) is 3.36. The Labute approximate surface area is 127 Å². The second-order valence-electron chi connectivity index (χ2n) is 4.43. The highest BCUT2D eigenvalue weighted by molar-refractivity contribution is 6.32. The molecule has 0 fully saturated rings. The lowest BCUT2D eigenvalue weighted by Crippen LogP contribution is -2.08. The maximum absolute atomic E-state index is 12.6. The van der Waals surface area contributed by atoms with Gasteiger partial charge in [0, 0.05) is 17.3 Å². The van der Waals surface area contributed by atoms with Crippen LogP contribution in [0, 0.1) is 11.3 Å². The predicted octanol–water partition coefficient (Wildman–Crippen LogP) is 3.94. The number of imidazole rings is 1. The SMILES string of the molecule is N#Cc1cn[13c]2ccc(-c3ccc(C(F)(F)F)nc3Cl)cn12. The van der Waals surface area contributed by atoms with Gasteiger partial charge < -0.3 is 0 Å². The monoisotopic (exact) mass is 323 g/mol. The van der Waals surface area contributed by atoms with Gasteiger partial charge in [0.2, 0.25) is 0 Å². The summed E-state index contributed by atoms with van der Waals surface area (Å²) in [6.07, 6.45) is -1.56. The fraction of sp³-hybridized carbons (Fsp3) is 0.0714. The average Bonchev–Trinajstić information content (AvgIpc) is 2.88. The molecule has 0 aliphatic rings. The standard InChI is InChI=1S/C14H6ClF3N4/c15-13-10(2-3-11(21-13)14(16,17)18)8-1-4-12-20-6-9(5-19)22(12)7-8/h1-4,6-7H/i12+1. The Kier molecular flexibility index (Phi) is 3.26. The van der Waals surface area contributed by atoms with E-state index in [0.29, 0.717) is 22.5 Å². The van der Waals surface area contributed by atoms with Gasteiger partial charge in [-0.3, -0.25) is 4.40 Å². The summed E-state index contributed by atoms with van der Waals surface area (Å²) in [5.41, 5.74) is 0.689. The molecule has 0 unspecified atom stereocenters. The van der Waals surface area contributed by atoms with E-state index in [9.17, 15) is 13.2 Å². The summed E-state index contributed by atoms with van der Waals surface area (Å²) in [6, 6.07) is 7.39. The Balaban J connectivity index is 2.13. The molecule has 4 nitrogen and oxygen atoms in total. The minimum atomic E-state index is -4.55. The zero-order valence-electron chi connectivity index (χ0n) is 10.8. The van der Waals surface area contributed by atoms with Crippen LogP contribution < -0.4 is 0 Å². The molecule has 0 aromatic carbocycles. The van der Waals surface area contributed by atoms with Crippen LogP contribution in [0.2, 0.25) is 5.15 Å². The number of nitrogens with zero attached hydrogens (tertiary/aromatic N) is 4. The van der Waals surface area contributed by atoms with Crippen molar-refractivity contribution in [3.8, 4) is 17.2 Å². The molecule has 22 heavy (non-hydrogen) atoms. The van der Waals surface area contributed by atoms with Gasteiger partial charge in [-0.25, -0.2) is 9.97 Å². The number of hydrogen-bond acceptors (Lipinski definition) is 3. The maximum Gasteiger partial charge on any atom is 0.433 e. The third-order valence-electron chi connectivity index (χ3n) is 3.07. The fourth-order valence-corrected chi connectivity index (χ4v) is 2.29. The summed E-state index contributed by atoms with van der Waals surface area (Å²) in [7, 11) is 0. The van der Waals surface area contributed by atoms with Crippen molar-refractivity contribution in [3.63, 3.8) is 0 Å². The quantitative estimate of drug-likeness (QED) is 0.637. The number of hydrogen-bond donors (Lipinski definition) is 0. The van der Waals surface area contributed by atoms with Crippen LogP contribution >= 0.6 is 11.6 Å². The van der Waals surface area contributed by atoms with Crippen molar-refractivity contribution in [1.29, 1.82) is 5.26 Å². The van der Waals surface area contributed by atoms with E-state index in [1.165, 1.54) is 16.7 Å². The summed E-state index contributed by atoms with van der Waals surface area (Å²) in [5.74, 6) is 0. The largest absolute Gasteiger partial charge is 0.433 e. The van der Waals surface area contributed by atoms with Crippen molar-refractivity contribution in [2.24, 2.45) is 0 Å². The summed E-state index contributed by atoms with van der Waals surface area (Å²) in [6.45, 7) is 0. The normalized spacial score (nSPS) is 11.6. The molecule has 0 aliphatic carbocycles. The smallest absolute Gasteiger partial charge is 0.291 e. The Hall–Kier alpha value is -2.59. The molecule has 3 rings (SSSR count). The van der Waals surface area contributed by atoms with Crippen molar-refractivity contribution in [2.45, 2.75) is 6.18 Å². The van der Waals surface area contributed by atoms with Gasteiger partial charge in [0.05, 0.1) is 6.20 Å². The molecule has 0 amide bonds. The number of pyridine rings is 2. The zero-order chi connectivity index (χ0) is 15.9. The highest BCUT2D eigenvalue weighted by atomic mass is 35.5. The average molecular weight is 324 g/mol. The lowest BCUT2D eigenvalue weighted by Gasteiger charge is -2.09. The van der Waals surface area contributed by atoms with Gasteiger partial charge in [0.15, 0.2) is 0 Å². The van der Waals surface area contributed by atoms with E-state index >= 15 is 0 Å². The molecule has 3 aromatic rings. The van der Waals surface area contributed by atoms with Crippen LogP contribution in [0.4, 0.5) is 13.2 Å². The van der Waals surface area contributed by atoms with E-state index in [4.69, 9.17) is 16.9 Å². The van der Waals surface area contributed by atoms with Crippen LogP contribution in [-0.2, 0) is 6.18 Å². The van der Waals surface area contributed by atoms with Crippen molar-refractivity contribution < 1.29 is 13.2 Å². The molecule has 0 bridgehead atoms. The molecule has 3 heterocycles. The Morgan fingerprint density at radius 1 is 1.18 bits per heavy atom. The van der Waals surface area contributed by atoms with Crippen LogP contribution in [-0.4, -0.2) is 14.4 Å². The van der Waals surface area contributed by atoms with Gasteiger partial charge in [-0.2, -0.15) is 18.4 Å². The summed E-state index contributed by atoms with van der Waals surface area (Å²) in [4.78, 5) is 7.42. The van der Waals surface area contributed by atoms with Crippen LogP contribution in [0.5, 0.6) is 0 Å². The Bertz CT molecular complexity index is 909. The minimum absolute atomic E-state index is 0.257. The fourth-order valence-electron chi connectivity index (χ4n) is 2.03. The molecule has 110 valence electrons. The van der Waals surface area contributed by atoms with Crippen LogP contribution in [0.25, 0.3) is 16.8 Å². The molecule has 3 aromatic heterocycles. The van der Waals surface area contributed by atoms with Crippen molar-refractivity contribution >= 4 is 17.2 Å². The number of nitriles is 1. The Morgan fingerprint density at radius 2 is 1.95 bits per heavy atom.